The quantitative estimate of drug-likeness (QED) is 0.269. The molecule has 4 aromatic carbocycles. The van der Waals surface area contributed by atoms with Crippen molar-refractivity contribution in [1.82, 2.24) is 0 Å². The molecule has 0 aliphatic rings. The molecule has 0 saturated heterocycles. The van der Waals surface area contributed by atoms with Gasteiger partial charge in [-0.2, -0.15) is 0 Å². The number of nitrogens with zero attached hydrogens (tertiary/aromatic N) is 2. The van der Waals surface area contributed by atoms with Gasteiger partial charge in [-0.05, 0) is 95.7 Å². The largest absolute Gasteiger partial charge is 0.859 e. The van der Waals surface area contributed by atoms with Gasteiger partial charge in [0.25, 0.3) is 0 Å². The fourth-order valence-corrected chi connectivity index (χ4v) is 3.37. The summed E-state index contributed by atoms with van der Waals surface area (Å²) in [5, 5.41) is 28.7. The number of ether oxygens (including phenoxy) is 2. The molecule has 0 unspecified atom stereocenters. The molecule has 0 heterocycles. The van der Waals surface area contributed by atoms with Crippen LogP contribution in [0.4, 0.5) is 16.2 Å². The van der Waals surface area contributed by atoms with Crippen molar-refractivity contribution in [2.24, 2.45) is 9.98 Å². The van der Waals surface area contributed by atoms with Crippen LogP contribution in [0, 0.1) is 0 Å². The first-order valence-corrected chi connectivity index (χ1v) is 11.6. The fraction of sp³-hybridized carbons (Fsp3) is 0.0690. The van der Waals surface area contributed by atoms with Crippen LogP contribution in [0.3, 0.4) is 0 Å². The Kier molecular flexibility index (Phi) is 8.20. The molecular formula is C29H24N4O5-2. The normalized spacial score (nSPS) is 11.5. The molecule has 4 rings (SSSR count). The number of anilines is 2. The second-order valence-corrected chi connectivity index (χ2v) is 7.94. The van der Waals surface area contributed by atoms with Crippen LogP contribution >= 0.6 is 0 Å². The summed E-state index contributed by atoms with van der Waals surface area (Å²) in [5.41, 5.74) is 2.14. The predicted octanol–water partition coefficient (Wildman–Crippen LogP) is 4.39. The van der Waals surface area contributed by atoms with E-state index in [4.69, 9.17) is 9.47 Å². The highest BCUT2D eigenvalue weighted by molar-refractivity contribution is 5.99. The number of amides is 2. The second kappa shape index (κ2) is 12.1. The number of carbonyl (C=O) groups excluding carboxylic acids is 1. The maximum Gasteiger partial charge on any atom is 0.323 e. The maximum atomic E-state index is 12.4. The molecule has 0 bridgehead atoms. The predicted molar refractivity (Wildman–Crippen MR) is 143 cm³/mol. The molecule has 0 aliphatic carbocycles. The lowest BCUT2D eigenvalue weighted by molar-refractivity contribution is -0.213. The lowest BCUT2D eigenvalue weighted by Crippen LogP contribution is -2.19. The average molecular weight is 509 g/mol. The SMILES string of the molecule is CN=C([O-])c1ccc(Oc2ccc(NC(=O)Nc3ccc(Oc4ccc(C([O-])=NC)cc4)cc3)cc2)cc1. The standard InChI is InChI=1S/C29H26N4O5/c1-30-27(34)19-3-11-23(12-4-19)37-25-15-7-21(8-16-25)32-29(36)33-22-9-17-26(18-10-22)38-24-13-5-20(6-14-24)28(35)31-2/h3-18H,1-2H3,(H,30,34)(H,31,35)(H2,32,33,36)/p-2. The molecule has 2 N–H and O–H groups in total. The summed E-state index contributed by atoms with van der Waals surface area (Å²) >= 11 is 0. The molecule has 0 saturated carbocycles. The van der Waals surface area contributed by atoms with Crippen molar-refractivity contribution in [2.45, 2.75) is 0 Å². The highest BCUT2D eigenvalue weighted by Crippen LogP contribution is 2.25. The number of benzene rings is 4. The van der Waals surface area contributed by atoms with Crippen LogP contribution in [0.5, 0.6) is 23.0 Å². The molecule has 0 radical (unpaired) electrons. The molecule has 2 amide bonds. The van der Waals surface area contributed by atoms with Crippen molar-refractivity contribution in [2.75, 3.05) is 24.7 Å². The van der Waals surface area contributed by atoms with Crippen molar-refractivity contribution in [1.29, 1.82) is 0 Å². The van der Waals surface area contributed by atoms with E-state index in [1.807, 2.05) is 0 Å². The Morgan fingerprint density at radius 3 is 1.13 bits per heavy atom. The molecule has 38 heavy (non-hydrogen) atoms. The zero-order chi connectivity index (χ0) is 26.9. The van der Waals surface area contributed by atoms with E-state index in [0.29, 0.717) is 45.5 Å². The van der Waals surface area contributed by atoms with E-state index in [1.165, 1.54) is 14.1 Å². The van der Waals surface area contributed by atoms with Crippen molar-refractivity contribution < 1.29 is 24.5 Å². The first kappa shape index (κ1) is 25.8. The second-order valence-electron chi connectivity index (χ2n) is 7.94. The average Bonchev–Trinajstić information content (AvgIpc) is 2.95. The summed E-state index contributed by atoms with van der Waals surface area (Å²) in [6.07, 6.45) is 0. The van der Waals surface area contributed by atoms with Gasteiger partial charge < -0.3 is 40.3 Å². The molecule has 9 heteroatoms. The number of carbonyl (C=O) groups is 1. The van der Waals surface area contributed by atoms with Gasteiger partial charge in [-0.25, -0.2) is 4.79 Å². The zero-order valence-electron chi connectivity index (χ0n) is 20.7. The molecule has 192 valence electrons. The Morgan fingerprint density at radius 1 is 0.553 bits per heavy atom. The van der Waals surface area contributed by atoms with Gasteiger partial charge in [-0.3, -0.25) is 0 Å². The highest BCUT2D eigenvalue weighted by Gasteiger charge is 2.05. The monoisotopic (exact) mass is 508 g/mol. The molecular weight excluding hydrogens is 484 g/mol. The van der Waals surface area contributed by atoms with Gasteiger partial charge in [-0.15, -0.1) is 0 Å². The smallest absolute Gasteiger partial charge is 0.323 e. The summed E-state index contributed by atoms with van der Waals surface area (Å²) in [5.74, 6) is 1.71. The molecule has 0 aliphatic heterocycles. The van der Waals surface area contributed by atoms with Crippen molar-refractivity contribution in [3.05, 3.63) is 108 Å². The summed E-state index contributed by atoms with van der Waals surface area (Å²) in [7, 11) is 2.90. The number of urea groups is 1. The van der Waals surface area contributed by atoms with E-state index in [-0.39, 0.29) is 11.8 Å². The van der Waals surface area contributed by atoms with Crippen LogP contribution in [0.2, 0.25) is 0 Å². The Labute approximate surface area is 219 Å². The van der Waals surface area contributed by atoms with Gasteiger partial charge in [0.05, 0.1) is 0 Å². The number of hydrogen-bond donors (Lipinski definition) is 2. The number of aliphatic imine (C=N–C) groups is 2. The van der Waals surface area contributed by atoms with E-state index in [0.717, 1.165) is 0 Å². The van der Waals surface area contributed by atoms with E-state index < -0.39 is 6.03 Å². The third-order valence-corrected chi connectivity index (χ3v) is 5.30. The summed E-state index contributed by atoms with van der Waals surface area (Å²) in [6.45, 7) is 0. The molecule has 0 atom stereocenters. The third kappa shape index (κ3) is 6.88. The Balaban J connectivity index is 1.27. The highest BCUT2D eigenvalue weighted by atomic mass is 16.5. The van der Waals surface area contributed by atoms with Gasteiger partial charge in [0.1, 0.15) is 23.0 Å². The maximum absolute atomic E-state index is 12.4. The van der Waals surface area contributed by atoms with Crippen LogP contribution in [0.25, 0.3) is 0 Å². The fourth-order valence-electron chi connectivity index (χ4n) is 3.37. The molecule has 9 nitrogen and oxygen atoms in total. The number of nitrogens with one attached hydrogen (secondary N) is 2. The Morgan fingerprint density at radius 2 is 0.842 bits per heavy atom. The van der Waals surface area contributed by atoms with E-state index in [1.54, 1.807) is 97.1 Å². The van der Waals surface area contributed by atoms with Crippen molar-refractivity contribution in [3.8, 4) is 23.0 Å². The molecule has 0 fully saturated rings. The van der Waals surface area contributed by atoms with Gasteiger partial charge >= 0.3 is 6.03 Å². The van der Waals surface area contributed by atoms with E-state index in [9.17, 15) is 15.0 Å². The van der Waals surface area contributed by atoms with E-state index >= 15 is 0 Å². The Hall–Kier alpha value is -5.31. The summed E-state index contributed by atoms with van der Waals surface area (Å²) < 4.78 is 11.6. The van der Waals surface area contributed by atoms with E-state index in [2.05, 4.69) is 20.6 Å². The minimum Gasteiger partial charge on any atom is -0.859 e. The van der Waals surface area contributed by atoms with Gasteiger partial charge in [-0.1, -0.05) is 24.3 Å². The van der Waals surface area contributed by atoms with Gasteiger partial charge in [0, 0.05) is 25.5 Å². The van der Waals surface area contributed by atoms with Crippen LogP contribution in [0.1, 0.15) is 11.1 Å². The Bertz CT molecular complexity index is 1320. The van der Waals surface area contributed by atoms with Crippen LogP contribution in [-0.2, 0) is 0 Å². The van der Waals surface area contributed by atoms with Gasteiger partial charge in [0.15, 0.2) is 0 Å². The van der Waals surface area contributed by atoms with Crippen LogP contribution < -0.4 is 30.3 Å². The first-order chi connectivity index (χ1) is 18.4. The van der Waals surface area contributed by atoms with Crippen LogP contribution in [-0.4, -0.2) is 31.9 Å². The molecule has 4 aromatic rings. The topological polar surface area (TPSA) is 130 Å². The number of hydrogen-bond acceptors (Lipinski definition) is 7. The minimum atomic E-state index is -0.407. The van der Waals surface area contributed by atoms with Crippen molar-refractivity contribution >= 4 is 29.2 Å². The lowest BCUT2D eigenvalue weighted by Gasteiger charge is -2.12. The van der Waals surface area contributed by atoms with Gasteiger partial charge in [0.2, 0.25) is 0 Å². The minimum absolute atomic E-state index is 0.292. The van der Waals surface area contributed by atoms with Crippen molar-refractivity contribution in [3.63, 3.8) is 0 Å². The molecule has 0 spiro atoms. The summed E-state index contributed by atoms with van der Waals surface area (Å²) in [4.78, 5) is 19.7. The first-order valence-electron chi connectivity index (χ1n) is 11.6. The third-order valence-electron chi connectivity index (χ3n) is 5.30. The zero-order valence-corrected chi connectivity index (χ0v) is 20.7. The summed E-state index contributed by atoms with van der Waals surface area (Å²) in [6, 6.07) is 26.7. The lowest BCUT2D eigenvalue weighted by atomic mass is 10.2. The number of rotatable bonds is 8. The van der Waals surface area contributed by atoms with Crippen LogP contribution in [0.15, 0.2) is 107 Å². The molecule has 0 aromatic heterocycles.